The van der Waals surface area contributed by atoms with E-state index >= 15 is 0 Å². The van der Waals surface area contributed by atoms with Crippen molar-refractivity contribution < 1.29 is 9.18 Å². The van der Waals surface area contributed by atoms with E-state index in [1.807, 2.05) is 0 Å². The Hall–Kier alpha value is -3.02. The van der Waals surface area contributed by atoms with Gasteiger partial charge in [-0.25, -0.2) is 14.4 Å². The molecule has 0 aliphatic heterocycles. The van der Waals surface area contributed by atoms with E-state index in [2.05, 4.69) is 15.3 Å². The first-order valence-corrected chi connectivity index (χ1v) is 6.24. The highest BCUT2D eigenvalue weighted by molar-refractivity contribution is 6.04. The first-order chi connectivity index (χ1) is 10.2. The second-order valence-corrected chi connectivity index (χ2v) is 4.31. The van der Waals surface area contributed by atoms with Gasteiger partial charge in [-0.2, -0.15) is 0 Å². The van der Waals surface area contributed by atoms with Crippen molar-refractivity contribution in [1.82, 2.24) is 14.5 Å². The minimum absolute atomic E-state index is 0.142. The molecule has 0 fully saturated rings. The Morgan fingerprint density at radius 2 is 2.05 bits per heavy atom. The second-order valence-electron chi connectivity index (χ2n) is 4.31. The molecule has 21 heavy (non-hydrogen) atoms. The summed E-state index contributed by atoms with van der Waals surface area (Å²) in [4.78, 5) is 20.2. The molecular weight excluding hydrogens is 271 g/mol. The van der Waals surface area contributed by atoms with Crippen molar-refractivity contribution >= 4 is 11.6 Å². The molecule has 104 valence electrons. The summed E-state index contributed by atoms with van der Waals surface area (Å²) in [5.41, 5.74) is 0.528. The van der Waals surface area contributed by atoms with Crippen LogP contribution in [0.25, 0.3) is 5.82 Å². The van der Waals surface area contributed by atoms with Crippen LogP contribution in [-0.2, 0) is 0 Å². The van der Waals surface area contributed by atoms with E-state index in [4.69, 9.17) is 0 Å². The molecule has 1 N–H and O–H groups in total. The minimum atomic E-state index is -0.477. The van der Waals surface area contributed by atoms with E-state index in [1.54, 1.807) is 47.6 Å². The SMILES string of the molecule is O=C(Nc1ccccc1F)c1ccnc(-n2ccnc2)c1. The third kappa shape index (κ3) is 2.79. The van der Waals surface area contributed by atoms with Crippen LogP contribution >= 0.6 is 0 Å². The quantitative estimate of drug-likeness (QED) is 0.803. The van der Waals surface area contributed by atoms with E-state index in [0.717, 1.165) is 0 Å². The van der Waals surface area contributed by atoms with Crippen molar-refractivity contribution in [2.24, 2.45) is 0 Å². The molecule has 3 rings (SSSR count). The zero-order chi connectivity index (χ0) is 14.7. The molecule has 5 nitrogen and oxygen atoms in total. The highest BCUT2D eigenvalue weighted by Gasteiger charge is 2.10. The fraction of sp³-hybridized carbons (Fsp3) is 0. The number of carbonyl (C=O) groups excluding carboxylic acids is 1. The van der Waals surface area contributed by atoms with Gasteiger partial charge in [0, 0.05) is 24.2 Å². The summed E-state index contributed by atoms with van der Waals surface area (Å²) in [5, 5.41) is 2.53. The molecular formula is C15H11FN4O. The Morgan fingerprint density at radius 1 is 1.19 bits per heavy atom. The summed E-state index contributed by atoms with van der Waals surface area (Å²) in [6.45, 7) is 0. The normalized spacial score (nSPS) is 10.3. The lowest BCUT2D eigenvalue weighted by Gasteiger charge is -2.07. The summed E-state index contributed by atoms with van der Waals surface area (Å²) in [7, 11) is 0. The first-order valence-electron chi connectivity index (χ1n) is 6.24. The molecule has 0 bridgehead atoms. The van der Waals surface area contributed by atoms with Gasteiger partial charge < -0.3 is 5.32 Å². The van der Waals surface area contributed by atoms with Gasteiger partial charge in [0.1, 0.15) is 18.0 Å². The van der Waals surface area contributed by atoms with Crippen molar-refractivity contribution in [1.29, 1.82) is 0 Å². The number of aromatic nitrogens is 3. The molecule has 1 amide bonds. The molecule has 0 atom stereocenters. The molecule has 0 aliphatic carbocycles. The fourth-order valence-corrected chi connectivity index (χ4v) is 1.85. The lowest BCUT2D eigenvalue weighted by Crippen LogP contribution is -2.13. The van der Waals surface area contributed by atoms with Crippen LogP contribution in [0.2, 0.25) is 0 Å². The molecule has 3 aromatic rings. The van der Waals surface area contributed by atoms with Crippen molar-refractivity contribution in [3.63, 3.8) is 0 Å². The van der Waals surface area contributed by atoms with Gasteiger partial charge in [-0.3, -0.25) is 9.36 Å². The summed E-state index contributed by atoms with van der Waals surface area (Å²) in [6, 6.07) is 9.19. The summed E-state index contributed by atoms with van der Waals surface area (Å²) >= 11 is 0. The summed E-state index contributed by atoms with van der Waals surface area (Å²) in [5.74, 6) is -0.313. The number of nitrogens with one attached hydrogen (secondary N) is 1. The van der Waals surface area contributed by atoms with Crippen LogP contribution in [0.15, 0.2) is 61.3 Å². The Balaban J connectivity index is 1.85. The van der Waals surface area contributed by atoms with Gasteiger partial charge in [-0.1, -0.05) is 12.1 Å². The highest BCUT2D eigenvalue weighted by Crippen LogP contribution is 2.14. The number of halogens is 1. The molecule has 0 aliphatic rings. The number of hydrogen-bond acceptors (Lipinski definition) is 3. The lowest BCUT2D eigenvalue weighted by atomic mass is 10.2. The number of imidazole rings is 1. The Bertz CT molecular complexity index is 771. The number of pyridine rings is 1. The van der Waals surface area contributed by atoms with Crippen molar-refractivity contribution in [3.8, 4) is 5.82 Å². The first kappa shape index (κ1) is 13.0. The van der Waals surface area contributed by atoms with E-state index in [9.17, 15) is 9.18 Å². The van der Waals surface area contributed by atoms with E-state index in [1.165, 1.54) is 18.3 Å². The third-order valence-electron chi connectivity index (χ3n) is 2.90. The van der Waals surface area contributed by atoms with Crippen LogP contribution in [0.3, 0.4) is 0 Å². The number of benzene rings is 1. The van der Waals surface area contributed by atoms with Gasteiger partial charge in [0.15, 0.2) is 0 Å². The highest BCUT2D eigenvalue weighted by atomic mass is 19.1. The van der Waals surface area contributed by atoms with Gasteiger partial charge in [-0.15, -0.1) is 0 Å². The van der Waals surface area contributed by atoms with E-state index in [0.29, 0.717) is 11.4 Å². The molecule has 2 aromatic heterocycles. The van der Waals surface area contributed by atoms with Crippen LogP contribution < -0.4 is 5.32 Å². The van der Waals surface area contributed by atoms with E-state index in [-0.39, 0.29) is 5.69 Å². The standard InChI is InChI=1S/C15H11FN4O/c16-12-3-1-2-4-13(12)19-15(21)11-5-6-18-14(9-11)20-8-7-17-10-20/h1-10H,(H,19,21). The summed E-state index contributed by atoms with van der Waals surface area (Å²) < 4.78 is 15.2. The average Bonchev–Trinajstić information content (AvgIpc) is 3.04. The van der Waals surface area contributed by atoms with Gasteiger partial charge in [0.05, 0.1) is 5.69 Å². The number of nitrogens with zero attached hydrogens (tertiary/aromatic N) is 3. The number of anilines is 1. The lowest BCUT2D eigenvalue weighted by molar-refractivity contribution is 0.102. The maximum Gasteiger partial charge on any atom is 0.255 e. The topological polar surface area (TPSA) is 59.8 Å². The van der Waals surface area contributed by atoms with Crippen LogP contribution in [0, 0.1) is 5.82 Å². The van der Waals surface area contributed by atoms with E-state index < -0.39 is 11.7 Å². The number of para-hydroxylation sites is 1. The van der Waals surface area contributed by atoms with Gasteiger partial charge in [0.2, 0.25) is 0 Å². The minimum Gasteiger partial charge on any atom is -0.319 e. The van der Waals surface area contributed by atoms with Gasteiger partial charge >= 0.3 is 0 Å². The molecule has 0 spiro atoms. The fourth-order valence-electron chi connectivity index (χ4n) is 1.85. The number of carbonyl (C=O) groups is 1. The number of amides is 1. The Morgan fingerprint density at radius 3 is 2.81 bits per heavy atom. The smallest absolute Gasteiger partial charge is 0.255 e. The maximum absolute atomic E-state index is 13.5. The van der Waals surface area contributed by atoms with Gasteiger partial charge in [-0.05, 0) is 24.3 Å². The van der Waals surface area contributed by atoms with Crippen LogP contribution in [0.4, 0.5) is 10.1 Å². The molecule has 6 heteroatoms. The monoisotopic (exact) mass is 282 g/mol. The zero-order valence-corrected chi connectivity index (χ0v) is 10.9. The Labute approximate surface area is 120 Å². The average molecular weight is 282 g/mol. The molecule has 0 saturated heterocycles. The van der Waals surface area contributed by atoms with Crippen molar-refractivity contribution in [3.05, 3.63) is 72.7 Å². The molecule has 0 radical (unpaired) electrons. The van der Waals surface area contributed by atoms with Gasteiger partial charge in [0.25, 0.3) is 5.91 Å². The number of hydrogen-bond donors (Lipinski definition) is 1. The molecule has 2 heterocycles. The van der Waals surface area contributed by atoms with Crippen molar-refractivity contribution in [2.75, 3.05) is 5.32 Å². The number of rotatable bonds is 3. The van der Waals surface area contributed by atoms with Crippen LogP contribution in [0.1, 0.15) is 10.4 Å². The predicted octanol–water partition coefficient (Wildman–Crippen LogP) is 2.66. The second kappa shape index (κ2) is 5.54. The van der Waals surface area contributed by atoms with Crippen LogP contribution in [0.5, 0.6) is 0 Å². The maximum atomic E-state index is 13.5. The molecule has 0 saturated carbocycles. The third-order valence-corrected chi connectivity index (χ3v) is 2.90. The summed E-state index contributed by atoms with van der Waals surface area (Å²) in [6.07, 6.45) is 6.45. The van der Waals surface area contributed by atoms with Crippen molar-refractivity contribution in [2.45, 2.75) is 0 Å². The zero-order valence-electron chi connectivity index (χ0n) is 10.9. The molecule has 0 unspecified atom stereocenters. The predicted molar refractivity (Wildman–Crippen MR) is 75.7 cm³/mol. The largest absolute Gasteiger partial charge is 0.319 e. The van der Waals surface area contributed by atoms with Crippen LogP contribution in [-0.4, -0.2) is 20.4 Å². The molecule has 1 aromatic carbocycles. The Kier molecular flexibility index (Phi) is 3.42.